The van der Waals surface area contributed by atoms with E-state index in [1.807, 2.05) is 38.1 Å². The number of nitrogens with two attached hydrogens (primary N) is 1. The van der Waals surface area contributed by atoms with Gasteiger partial charge in [0.25, 0.3) is 0 Å². The summed E-state index contributed by atoms with van der Waals surface area (Å²) in [6.45, 7) is 7.63. The SMILES string of the molecule is CCOCCCNC(N)=NCCCOc1ccccc1C. The second-order valence-electron chi connectivity index (χ2n) is 4.71. The van der Waals surface area contributed by atoms with Crippen LogP contribution in [-0.2, 0) is 4.74 Å². The van der Waals surface area contributed by atoms with E-state index in [9.17, 15) is 0 Å². The number of para-hydroxylation sites is 1. The maximum atomic E-state index is 5.76. The van der Waals surface area contributed by atoms with Crippen molar-refractivity contribution in [1.29, 1.82) is 0 Å². The quantitative estimate of drug-likeness (QED) is 0.394. The fourth-order valence-electron chi connectivity index (χ4n) is 1.76. The van der Waals surface area contributed by atoms with Gasteiger partial charge >= 0.3 is 0 Å². The summed E-state index contributed by atoms with van der Waals surface area (Å²) in [5, 5.41) is 3.07. The van der Waals surface area contributed by atoms with E-state index < -0.39 is 0 Å². The fraction of sp³-hybridized carbons (Fsp3) is 0.562. The molecule has 1 aromatic carbocycles. The Morgan fingerprint density at radius 2 is 2.05 bits per heavy atom. The molecular formula is C16H27N3O2. The van der Waals surface area contributed by atoms with Crippen molar-refractivity contribution in [2.45, 2.75) is 26.7 Å². The molecule has 0 bridgehead atoms. The van der Waals surface area contributed by atoms with Gasteiger partial charge in [-0.25, -0.2) is 0 Å². The first-order valence-corrected chi connectivity index (χ1v) is 7.54. The summed E-state index contributed by atoms with van der Waals surface area (Å²) in [5.41, 5.74) is 6.91. The third-order valence-corrected chi connectivity index (χ3v) is 2.91. The highest BCUT2D eigenvalue weighted by atomic mass is 16.5. The van der Waals surface area contributed by atoms with Crippen LogP contribution in [0, 0.1) is 6.92 Å². The molecule has 0 heterocycles. The normalized spacial score (nSPS) is 11.4. The number of ether oxygens (including phenoxy) is 2. The van der Waals surface area contributed by atoms with Crippen LogP contribution >= 0.6 is 0 Å². The lowest BCUT2D eigenvalue weighted by atomic mass is 10.2. The molecule has 0 unspecified atom stereocenters. The lowest BCUT2D eigenvalue weighted by molar-refractivity contribution is 0.145. The van der Waals surface area contributed by atoms with Gasteiger partial charge in [0.05, 0.1) is 6.61 Å². The molecule has 0 saturated carbocycles. The zero-order chi connectivity index (χ0) is 15.3. The Bertz CT molecular complexity index is 422. The topological polar surface area (TPSA) is 68.9 Å². The van der Waals surface area contributed by atoms with Gasteiger partial charge in [-0.1, -0.05) is 18.2 Å². The standard InChI is InChI=1S/C16H27N3O2/c1-3-20-12-6-10-18-16(17)19-11-7-13-21-15-9-5-4-8-14(15)2/h4-5,8-9H,3,6-7,10-13H2,1-2H3,(H3,17,18,19). The van der Waals surface area contributed by atoms with Crippen molar-refractivity contribution >= 4 is 5.96 Å². The van der Waals surface area contributed by atoms with Crippen LogP contribution in [0.3, 0.4) is 0 Å². The fourth-order valence-corrected chi connectivity index (χ4v) is 1.76. The van der Waals surface area contributed by atoms with Gasteiger partial charge in [0.2, 0.25) is 0 Å². The molecule has 0 aliphatic rings. The number of nitrogens with one attached hydrogen (secondary N) is 1. The summed E-state index contributed by atoms with van der Waals surface area (Å²) < 4.78 is 10.9. The summed E-state index contributed by atoms with van der Waals surface area (Å²) in [6.07, 6.45) is 1.77. The Balaban J connectivity index is 2.07. The summed E-state index contributed by atoms with van der Waals surface area (Å²) in [4.78, 5) is 4.26. The molecule has 0 fully saturated rings. The molecule has 0 aromatic heterocycles. The Kier molecular flexibility index (Phi) is 9.04. The van der Waals surface area contributed by atoms with E-state index in [1.54, 1.807) is 0 Å². The molecule has 5 heteroatoms. The number of rotatable bonds is 10. The van der Waals surface area contributed by atoms with Crippen molar-refractivity contribution in [3.05, 3.63) is 29.8 Å². The van der Waals surface area contributed by atoms with Crippen LogP contribution in [0.5, 0.6) is 5.75 Å². The summed E-state index contributed by atoms with van der Waals surface area (Å²) in [7, 11) is 0. The highest BCUT2D eigenvalue weighted by molar-refractivity contribution is 5.77. The predicted octanol–water partition coefficient (Wildman–Crippen LogP) is 2.09. The lowest BCUT2D eigenvalue weighted by Crippen LogP contribution is -2.33. The molecule has 1 rings (SSSR count). The van der Waals surface area contributed by atoms with Crippen LogP contribution in [0.25, 0.3) is 0 Å². The van der Waals surface area contributed by atoms with Crippen LogP contribution in [0.15, 0.2) is 29.3 Å². The van der Waals surface area contributed by atoms with Crippen molar-refractivity contribution in [2.24, 2.45) is 10.7 Å². The molecule has 0 atom stereocenters. The number of guanidine groups is 1. The monoisotopic (exact) mass is 293 g/mol. The first-order chi connectivity index (χ1) is 10.2. The third kappa shape index (κ3) is 8.19. The summed E-state index contributed by atoms with van der Waals surface area (Å²) in [5.74, 6) is 1.42. The number of hydrogen-bond acceptors (Lipinski definition) is 3. The Hall–Kier alpha value is -1.75. The van der Waals surface area contributed by atoms with Crippen LogP contribution < -0.4 is 15.8 Å². The molecular weight excluding hydrogens is 266 g/mol. The van der Waals surface area contributed by atoms with Crippen LogP contribution in [0.2, 0.25) is 0 Å². The second-order valence-corrected chi connectivity index (χ2v) is 4.71. The lowest BCUT2D eigenvalue weighted by Gasteiger charge is -2.08. The maximum absolute atomic E-state index is 5.76. The zero-order valence-corrected chi connectivity index (χ0v) is 13.1. The predicted molar refractivity (Wildman–Crippen MR) is 86.9 cm³/mol. The first kappa shape index (κ1) is 17.3. The van der Waals surface area contributed by atoms with E-state index in [-0.39, 0.29) is 0 Å². The van der Waals surface area contributed by atoms with Gasteiger partial charge in [-0.2, -0.15) is 0 Å². The zero-order valence-electron chi connectivity index (χ0n) is 13.1. The van der Waals surface area contributed by atoms with Gasteiger partial charge in [-0.15, -0.1) is 0 Å². The maximum Gasteiger partial charge on any atom is 0.188 e. The number of aryl methyl sites for hydroxylation is 1. The van der Waals surface area contributed by atoms with Crippen LogP contribution in [0.1, 0.15) is 25.3 Å². The average Bonchev–Trinajstić information content (AvgIpc) is 2.48. The molecule has 5 nitrogen and oxygen atoms in total. The smallest absolute Gasteiger partial charge is 0.188 e. The van der Waals surface area contributed by atoms with Crippen molar-refractivity contribution in [2.75, 3.05) is 32.9 Å². The van der Waals surface area contributed by atoms with E-state index in [4.69, 9.17) is 15.2 Å². The van der Waals surface area contributed by atoms with Gasteiger partial charge in [0.15, 0.2) is 5.96 Å². The van der Waals surface area contributed by atoms with E-state index >= 15 is 0 Å². The van der Waals surface area contributed by atoms with Crippen LogP contribution in [-0.4, -0.2) is 38.9 Å². The molecule has 1 aromatic rings. The highest BCUT2D eigenvalue weighted by Crippen LogP contribution is 2.15. The minimum atomic E-state index is 0.488. The molecule has 0 aliphatic heterocycles. The van der Waals surface area contributed by atoms with Gasteiger partial charge < -0.3 is 20.5 Å². The number of benzene rings is 1. The minimum Gasteiger partial charge on any atom is -0.493 e. The molecule has 3 N–H and O–H groups in total. The summed E-state index contributed by atoms with van der Waals surface area (Å²) >= 11 is 0. The van der Waals surface area contributed by atoms with Gasteiger partial charge in [0, 0.05) is 32.7 Å². The van der Waals surface area contributed by atoms with Crippen molar-refractivity contribution in [3.8, 4) is 5.75 Å². The minimum absolute atomic E-state index is 0.488. The molecule has 118 valence electrons. The van der Waals surface area contributed by atoms with E-state index in [0.29, 0.717) is 19.1 Å². The Morgan fingerprint density at radius 1 is 1.24 bits per heavy atom. The largest absolute Gasteiger partial charge is 0.493 e. The van der Waals surface area contributed by atoms with Gasteiger partial charge in [0.1, 0.15) is 5.75 Å². The molecule has 0 saturated heterocycles. The van der Waals surface area contributed by atoms with Crippen molar-refractivity contribution in [3.63, 3.8) is 0 Å². The molecule has 0 aliphatic carbocycles. The number of aliphatic imine (C=N–C) groups is 1. The van der Waals surface area contributed by atoms with Gasteiger partial charge in [-0.05, 0) is 31.9 Å². The Morgan fingerprint density at radius 3 is 2.81 bits per heavy atom. The van der Waals surface area contributed by atoms with Crippen LogP contribution in [0.4, 0.5) is 0 Å². The summed E-state index contributed by atoms with van der Waals surface area (Å²) in [6, 6.07) is 8.00. The van der Waals surface area contributed by atoms with E-state index in [0.717, 1.165) is 43.9 Å². The third-order valence-electron chi connectivity index (χ3n) is 2.91. The van der Waals surface area contributed by atoms with E-state index in [1.165, 1.54) is 0 Å². The van der Waals surface area contributed by atoms with E-state index in [2.05, 4.69) is 10.3 Å². The Labute approximate surface area is 127 Å². The second kappa shape index (κ2) is 11.0. The van der Waals surface area contributed by atoms with Gasteiger partial charge in [-0.3, -0.25) is 4.99 Å². The molecule has 0 spiro atoms. The molecule has 0 amide bonds. The first-order valence-electron chi connectivity index (χ1n) is 7.54. The molecule has 0 radical (unpaired) electrons. The van der Waals surface area contributed by atoms with Crippen molar-refractivity contribution in [1.82, 2.24) is 5.32 Å². The number of hydrogen-bond donors (Lipinski definition) is 2. The average molecular weight is 293 g/mol. The highest BCUT2D eigenvalue weighted by Gasteiger charge is 1.97. The molecule has 21 heavy (non-hydrogen) atoms. The van der Waals surface area contributed by atoms with Crippen molar-refractivity contribution < 1.29 is 9.47 Å². The number of nitrogens with zero attached hydrogens (tertiary/aromatic N) is 1.